The molecule has 5 rings (SSSR count). The van der Waals surface area contributed by atoms with Crippen LogP contribution in [0.1, 0.15) is 17.7 Å². The van der Waals surface area contributed by atoms with E-state index in [1.54, 1.807) is 22.9 Å². The normalized spacial score (nSPS) is 15.3. The van der Waals surface area contributed by atoms with Gasteiger partial charge >= 0.3 is 4.87 Å². The molecule has 1 fully saturated rings. The topological polar surface area (TPSA) is 108 Å². The quantitative estimate of drug-likeness (QED) is 0.463. The molecule has 146 valence electrons. The van der Waals surface area contributed by atoms with E-state index in [0.717, 1.165) is 29.9 Å². The Labute approximate surface area is 172 Å². The molecule has 0 bridgehead atoms. The van der Waals surface area contributed by atoms with Gasteiger partial charge in [-0.2, -0.15) is 9.61 Å². The van der Waals surface area contributed by atoms with Crippen LogP contribution in [0.5, 0.6) is 5.88 Å². The first-order valence-electron chi connectivity index (χ1n) is 8.94. The van der Waals surface area contributed by atoms with Crippen LogP contribution in [0.4, 0.5) is 11.5 Å². The first-order valence-corrected chi connectivity index (χ1v) is 10.1. The number of thiazole rings is 1. The zero-order chi connectivity index (χ0) is 20.0. The molecule has 8 nitrogen and oxygen atoms in total. The number of hydrogen-bond donors (Lipinski definition) is 3. The van der Waals surface area contributed by atoms with Gasteiger partial charge in [-0.15, -0.1) is 0 Å². The van der Waals surface area contributed by atoms with E-state index in [0.29, 0.717) is 38.1 Å². The van der Waals surface area contributed by atoms with Crippen LogP contribution in [-0.2, 0) is 0 Å². The summed E-state index contributed by atoms with van der Waals surface area (Å²) >= 11 is 7.00. The van der Waals surface area contributed by atoms with Crippen molar-refractivity contribution in [2.45, 2.75) is 18.9 Å². The van der Waals surface area contributed by atoms with Crippen molar-refractivity contribution < 1.29 is 5.11 Å². The molecule has 3 N–H and O–H groups in total. The van der Waals surface area contributed by atoms with Crippen LogP contribution in [0.25, 0.3) is 11.7 Å². The number of anilines is 2. The molecule has 0 radical (unpaired) electrons. The summed E-state index contributed by atoms with van der Waals surface area (Å²) in [5.74, 6) is 0.427. The second kappa shape index (κ2) is 7.02. The van der Waals surface area contributed by atoms with Crippen molar-refractivity contribution in [2.24, 2.45) is 4.99 Å². The zero-order valence-corrected chi connectivity index (χ0v) is 16.5. The van der Waals surface area contributed by atoms with Crippen molar-refractivity contribution in [2.75, 3.05) is 5.32 Å². The number of hydrogen-bond acceptors (Lipinski definition) is 7. The first kappa shape index (κ1) is 17.9. The Balaban J connectivity index is 1.68. The van der Waals surface area contributed by atoms with Gasteiger partial charge in [-0.05, 0) is 37.1 Å². The lowest BCUT2D eigenvalue weighted by Gasteiger charge is -2.06. The number of halogens is 1. The van der Waals surface area contributed by atoms with Gasteiger partial charge in [0.1, 0.15) is 5.82 Å². The zero-order valence-electron chi connectivity index (χ0n) is 15.0. The van der Waals surface area contributed by atoms with E-state index < -0.39 is 0 Å². The summed E-state index contributed by atoms with van der Waals surface area (Å²) in [5.41, 5.74) is 2.06. The standard InChI is InChI=1S/C19H15ClN6O2S/c20-11-2-1-3-13(7-11)22-15-8-16(23-12-4-5-12)26-17(24-15)10(9-21-26)6-14-18(27)25-19(28)29-14/h1-3,6-9,12,22,27H,4-5H2,(H,25,28)/b10-6-,23-16?. The Hall–Kier alpha value is -3.17. The fourth-order valence-electron chi connectivity index (χ4n) is 2.90. The van der Waals surface area contributed by atoms with Crippen LogP contribution >= 0.6 is 22.9 Å². The molecule has 0 aliphatic heterocycles. The van der Waals surface area contributed by atoms with Gasteiger partial charge < -0.3 is 10.4 Å². The highest BCUT2D eigenvalue weighted by Gasteiger charge is 2.20. The number of nitrogens with zero attached hydrogens (tertiary/aromatic N) is 4. The molecule has 1 aliphatic carbocycles. The monoisotopic (exact) mass is 426 g/mol. The van der Waals surface area contributed by atoms with Gasteiger partial charge in [0.2, 0.25) is 5.88 Å². The molecule has 0 spiro atoms. The van der Waals surface area contributed by atoms with E-state index in [9.17, 15) is 9.90 Å². The molecule has 0 unspecified atom stereocenters. The van der Waals surface area contributed by atoms with Crippen LogP contribution in [0.2, 0.25) is 5.02 Å². The van der Waals surface area contributed by atoms with Crippen molar-refractivity contribution in [3.63, 3.8) is 0 Å². The Morgan fingerprint density at radius 1 is 1.38 bits per heavy atom. The van der Waals surface area contributed by atoms with E-state index in [-0.39, 0.29) is 10.8 Å². The van der Waals surface area contributed by atoms with Crippen LogP contribution < -0.4 is 20.9 Å². The van der Waals surface area contributed by atoms with Gasteiger partial charge in [0.25, 0.3) is 0 Å². The maximum absolute atomic E-state index is 11.5. The van der Waals surface area contributed by atoms with Crippen molar-refractivity contribution in [1.82, 2.24) is 19.6 Å². The predicted octanol–water partition coefficient (Wildman–Crippen LogP) is 2.19. The number of rotatable bonds is 4. The molecule has 0 amide bonds. The van der Waals surface area contributed by atoms with Gasteiger partial charge in [0, 0.05) is 22.0 Å². The van der Waals surface area contributed by atoms with E-state index in [1.165, 1.54) is 0 Å². The average Bonchev–Trinajstić information content (AvgIpc) is 3.31. The lowest BCUT2D eigenvalue weighted by Crippen LogP contribution is -2.19. The highest BCUT2D eigenvalue weighted by molar-refractivity contribution is 7.10. The SMILES string of the molecule is O=c1[nH]c(O)c(/C=c2/cnn3c(=NC4CC4)cc(Nc4cccc(Cl)c4)nc23)s1. The van der Waals surface area contributed by atoms with Crippen molar-refractivity contribution in [3.05, 3.63) is 66.8 Å². The fourth-order valence-corrected chi connectivity index (χ4v) is 3.77. The van der Waals surface area contributed by atoms with E-state index >= 15 is 0 Å². The highest BCUT2D eigenvalue weighted by atomic mass is 35.5. The number of nitrogens with one attached hydrogen (secondary N) is 2. The van der Waals surface area contributed by atoms with E-state index in [4.69, 9.17) is 16.6 Å². The van der Waals surface area contributed by atoms with Crippen LogP contribution in [-0.4, -0.2) is 30.7 Å². The summed E-state index contributed by atoms with van der Waals surface area (Å²) in [6.45, 7) is 0. The molecule has 29 heavy (non-hydrogen) atoms. The molecule has 1 saturated carbocycles. The summed E-state index contributed by atoms with van der Waals surface area (Å²) in [6.07, 6.45) is 5.44. The maximum Gasteiger partial charge on any atom is 0.307 e. The third-order valence-electron chi connectivity index (χ3n) is 4.38. The summed E-state index contributed by atoms with van der Waals surface area (Å²) in [6, 6.07) is 9.51. The highest BCUT2D eigenvalue weighted by Crippen LogP contribution is 2.23. The Bertz CT molecular complexity index is 1400. The van der Waals surface area contributed by atoms with Crippen molar-refractivity contribution >= 4 is 46.2 Å². The molecular formula is C19H15ClN6O2S. The van der Waals surface area contributed by atoms with Gasteiger partial charge in [0.15, 0.2) is 11.1 Å². The summed E-state index contributed by atoms with van der Waals surface area (Å²) < 4.78 is 1.67. The van der Waals surface area contributed by atoms with E-state index in [2.05, 4.69) is 20.4 Å². The molecule has 1 aromatic carbocycles. The predicted molar refractivity (Wildman–Crippen MR) is 112 cm³/mol. The number of H-pyrrole nitrogens is 1. The summed E-state index contributed by atoms with van der Waals surface area (Å²) in [4.78, 5) is 23.3. The number of fused-ring (bicyclic) bond motifs is 1. The van der Waals surface area contributed by atoms with Crippen LogP contribution in [0.3, 0.4) is 0 Å². The molecule has 10 heteroatoms. The third-order valence-corrected chi connectivity index (χ3v) is 5.44. The number of aromatic hydroxyl groups is 1. The lowest BCUT2D eigenvalue weighted by molar-refractivity contribution is 0.455. The van der Waals surface area contributed by atoms with Crippen LogP contribution in [0.15, 0.2) is 46.3 Å². The van der Waals surface area contributed by atoms with Gasteiger partial charge in [-0.3, -0.25) is 14.8 Å². The summed E-state index contributed by atoms with van der Waals surface area (Å²) in [5, 5.41) is 18.8. The number of benzene rings is 1. The molecule has 3 aromatic heterocycles. The minimum absolute atomic E-state index is 0.171. The minimum atomic E-state index is -0.328. The Morgan fingerprint density at radius 3 is 2.97 bits per heavy atom. The Morgan fingerprint density at radius 2 is 2.24 bits per heavy atom. The fraction of sp³-hybridized carbons (Fsp3) is 0.158. The van der Waals surface area contributed by atoms with E-state index in [1.807, 2.05) is 24.3 Å². The number of aromatic amines is 1. The average molecular weight is 427 g/mol. The smallest absolute Gasteiger partial charge is 0.307 e. The van der Waals surface area contributed by atoms with Crippen molar-refractivity contribution in [3.8, 4) is 5.88 Å². The molecular weight excluding hydrogens is 412 g/mol. The van der Waals surface area contributed by atoms with Crippen molar-refractivity contribution in [1.29, 1.82) is 0 Å². The number of aromatic nitrogens is 4. The van der Waals surface area contributed by atoms with Gasteiger partial charge in [-0.1, -0.05) is 29.0 Å². The minimum Gasteiger partial charge on any atom is -0.493 e. The molecule has 3 heterocycles. The second-order valence-electron chi connectivity index (χ2n) is 6.70. The molecule has 1 aliphatic rings. The molecule has 0 saturated heterocycles. The Kier molecular flexibility index (Phi) is 4.33. The second-order valence-corrected chi connectivity index (χ2v) is 8.15. The third kappa shape index (κ3) is 3.74. The summed E-state index contributed by atoms with van der Waals surface area (Å²) in [7, 11) is 0. The van der Waals surface area contributed by atoms with Crippen LogP contribution in [0, 0.1) is 0 Å². The first-order chi connectivity index (χ1) is 14.0. The maximum atomic E-state index is 11.5. The largest absolute Gasteiger partial charge is 0.493 e. The van der Waals surface area contributed by atoms with Gasteiger partial charge in [0.05, 0.1) is 17.1 Å². The van der Waals surface area contributed by atoms with Gasteiger partial charge in [-0.25, -0.2) is 4.98 Å². The molecule has 0 atom stereocenters. The molecule has 4 aromatic rings. The lowest BCUT2D eigenvalue weighted by atomic mass is 10.3.